The van der Waals surface area contributed by atoms with Gasteiger partial charge in [-0.15, -0.1) is 0 Å². The third-order valence-corrected chi connectivity index (χ3v) is 5.24. The van der Waals surface area contributed by atoms with E-state index in [4.69, 9.17) is 9.05 Å². The van der Waals surface area contributed by atoms with E-state index in [1.165, 1.54) is 0 Å². The Bertz CT molecular complexity index is 967. The molecule has 1 aliphatic heterocycles. The Morgan fingerprint density at radius 1 is 1.10 bits per heavy atom. The van der Waals surface area contributed by atoms with Gasteiger partial charge in [0.2, 0.25) is 17.6 Å². The van der Waals surface area contributed by atoms with Gasteiger partial charge in [-0.1, -0.05) is 17.2 Å². The molecule has 1 amide bonds. The van der Waals surface area contributed by atoms with E-state index >= 15 is 0 Å². The number of carbonyl (C=O) groups excluding carboxylic acids is 1. The number of carbonyl (C=O) groups is 1. The molecular weight excluding hydrogens is 372 g/mol. The summed E-state index contributed by atoms with van der Waals surface area (Å²) in [6.45, 7) is 8.48. The highest BCUT2D eigenvalue weighted by Gasteiger charge is 2.24. The number of hydrogen-bond donors (Lipinski definition) is 0. The normalized spacial score (nSPS) is 14.4. The van der Waals surface area contributed by atoms with Crippen LogP contribution in [0, 0.1) is 13.8 Å². The minimum atomic E-state index is 0.103. The smallest absolute Gasteiger partial charge is 0.227 e. The van der Waals surface area contributed by atoms with Crippen LogP contribution >= 0.6 is 0 Å². The van der Waals surface area contributed by atoms with Crippen molar-refractivity contribution in [1.29, 1.82) is 0 Å². The van der Waals surface area contributed by atoms with Crippen molar-refractivity contribution in [3.8, 4) is 11.4 Å². The number of anilines is 1. The summed E-state index contributed by atoms with van der Waals surface area (Å²) in [5, 5.41) is 7.90. The largest absolute Gasteiger partial charge is 0.361 e. The average Bonchev–Trinajstić information content (AvgIpc) is 3.36. The van der Waals surface area contributed by atoms with Crippen molar-refractivity contribution in [2.45, 2.75) is 33.6 Å². The van der Waals surface area contributed by atoms with Crippen molar-refractivity contribution < 1.29 is 13.8 Å². The Morgan fingerprint density at radius 3 is 2.48 bits per heavy atom. The number of hydrogen-bond acceptors (Lipinski definition) is 8. The van der Waals surface area contributed by atoms with Crippen molar-refractivity contribution in [2.75, 3.05) is 31.1 Å². The lowest BCUT2D eigenvalue weighted by Gasteiger charge is -2.35. The summed E-state index contributed by atoms with van der Waals surface area (Å²) in [4.78, 5) is 25.6. The van der Waals surface area contributed by atoms with Crippen molar-refractivity contribution in [1.82, 2.24) is 25.2 Å². The second kappa shape index (κ2) is 8.02. The molecule has 1 fully saturated rings. The predicted octanol–water partition coefficient (Wildman–Crippen LogP) is 2.19. The first kappa shape index (κ1) is 19.1. The molecule has 0 aromatic carbocycles. The zero-order valence-corrected chi connectivity index (χ0v) is 16.9. The molecule has 4 heterocycles. The van der Waals surface area contributed by atoms with Crippen molar-refractivity contribution >= 4 is 11.7 Å². The van der Waals surface area contributed by atoms with Gasteiger partial charge in [-0.3, -0.25) is 4.79 Å². The van der Waals surface area contributed by atoms with Crippen LogP contribution < -0.4 is 4.90 Å². The lowest BCUT2D eigenvalue weighted by atomic mass is 10.1. The van der Waals surface area contributed by atoms with Gasteiger partial charge in [0.05, 0.1) is 12.1 Å². The highest BCUT2D eigenvalue weighted by molar-refractivity contribution is 5.79. The first-order valence-corrected chi connectivity index (χ1v) is 9.78. The topological polar surface area (TPSA) is 101 Å². The fourth-order valence-electron chi connectivity index (χ4n) is 3.42. The van der Waals surface area contributed by atoms with Gasteiger partial charge in [0.15, 0.2) is 0 Å². The molecule has 9 heteroatoms. The zero-order valence-electron chi connectivity index (χ0n) is 16.9. The summed E-state index contributed by atoms with van der Waals surface area (Å²) in [7, 11) is 0. The van der Waals surface area contributed by atoms with Crippen molar-refractivity contribution in [3.63, 3.8) is 0 Å². The van der Waals surface area contributed by atoms with Gasteiger partial charge in [-0.25, -0.2) is 4.98 Å². The Balaban J connectivity index is 1.35. The molecule has 152 valence electrons. The van der Waals surface area contributed by atoms with Gasteiger partial charge in [0.25, 0.3) is 0 Å². The second-order valence-corrected chi connectivity index (χ2v) is 7.12. The number of rotatable bonds is 5. The molecular formula is C20H24N6O3. The second-order valence-electron chi connectivity index (χ2n) is 7.12. The van der Waals surface area contributed by atoms with Gasteiger partial charge in [-0.05, 0) is 26.0 Å². The molecule has 1 aliphatic rings. The van der Waals surface area contributed by atoms with E-state index in [-0.39, 0.29) is 5.91 Å². The zero-order chi connectivity index (χ0) is 20.4. The summed E-state index contributed by atoms with van der Waals surface area (Å²) in [5.41, 5.74) is 2.50. The molecule has 9 nitrogen and oxygen atoms in total. The summed E-state index contributed by atoms with van der Waals surface area (Å²) >= 11 is 0. The molecule has 3 aromatic heterocycles. The Labute approximate surface area is 168 Å². The Kier molecular flexibility index (Phi) is 5.28. The summed E-state index contributed by atoms with van der Waals surface area (Å²) in [6, 6.07) is 3.90. The van der Waals surface area contributed by atoms with Crippen LogP contribution in [-0.2, 0) is 17.6 Å². The minimum Gasteiger partial charge on any atom is -0.361 e. The molecule has 0 radical (unpaired) electrons. The molecule has 0 spiro atoms. The maximum Gasteiger partial charge on any atom is 0.227 e. The van der Waals surface area contributed by atoms with Crippen molar-refractivity contribution in [3.05, 3.63) is 41.2 Å². The van der Waals surface area contributed by atoms with E-state index in [1.54, 1.807) is 6.20 Å². The number of aromatic nitrogens is 4. The summed E-state index contributed by atoms with van der Waals surface area (Å²) in [6.07, 6.45) is 2.80. The molecule has 0 aliphatic carbocycles. The number of nitrogens with zero attached hydrogens (tertiary/aromatic N) is 6. The monoisotopic (exact) mass is 396 g/mol. The van der Waals surface area contributed by atoms with Gasteiger partial charge in [-0.2, -0.15) is 4.98 Å². The average molecular weight is 396 g/mol. The van der Waals surface area contributed by atoms with E-state index in [2.05, 4.69) is 25.2 Å². The van der Waals surface area contributed by atoms with Gasteiger partial charge in [0.1, 0.15) is 11.6 Å². The number of aryl methyl sites for hydroxylation is 3. The molecule has 4 rings (SSSR count). The first-order chi connectivity index (χ1) is 14.0. The molecule has 0 unspecified atom stereocenters. The molecule has 29 heavy (non-hydrogen) atoms. The van der Waals surface area contributed by atoms with Crippen LogP contribution in [0.2, 0.25) is 0 Å². The van der Waals surface area contributed by atoms with E-state index in [9.17, 15) is 4.79 Å². The molecule has 0 saturated carbocycles. The highest BCUT2D eigenvalue weighted by atomic mass is 16.5. The molecule has 3 aromatic rings. The molecule has 0 atom stereocenters. The Morgan fingerprint density at radius 2 is 1.90 bits per heavy atom. The van der Waals surface area contributed by atoms with Gasteiger partial charge < -0.3 is 18.8 Å². The molecule has 0 bridgehead atoms. The molecule has 1 saturated heterocycles. The van der Waals surface area contributed by atoms with E-state index in [1.807, 2.05) is 37.8 Å². The fraction of sp³-hybridized carbons (Fsp3) is 0.450. The third kappa shape index (κ3) is 3.98. The number of pyridine rings is 1. The number of piperazine rings is 1. The fourth-order valence-corrected chi connectivity index (χ4v) is 3.42. The summed E-state index contributed by atoms with van der Waals surface area (Å²) in [5.74, 6) is 2.86. The van der Waals surface area contributed by atoms with Crippen LogP contribution in [0.15, 0.2) is 27.4 Å². The highest BCUT2D eigenvalue weighted by Crippen LogP contribution is 2.20. The summed E-state index contributed by atoms with van der Waals surface area (Å²) < 4.78 is 10.3. The number of amides is 1. The van der Waals surface area contributed by atoms with Crippen LogP contribution in [0.3, 0.4) is 0 Å². The van der Waals surface area contributed by atoms with Crippen LogP contribution in [0.4, 0.5) is 5.82 Å². The minimum absolute atomic E-state index is 0.103. The van der Waals surface area contributed by atoms with Gasteiger partial charge in [0, 0.05) is 49.9 Å². The maximum absolute atomic E-state index is 12.6. The lowest BCUT2D eigenvalue weighted by Crippen LogP contribution is -2.49. The maximum atomic E-state index is 12.6. The van der Waals surface area contributed by atoms with Crippen LogP contribution in [0.5, 0.6) is 0 Å². The van der Waals surface area contributed by atoms with E-state index in [0.717, 1.165) is 35.7 Å². The van der Waals surface area contributed by atoms with Crippen molar-refractivity contribution in [2.24, 2.45) is 0 Å². The SMILES string of the molecule is CCc1nc(-c2ccc(N3CCN(C(=O)Cc4c(C)noc4C)CC3)nc2)no1. The standard InChI is InChI=1S/C20H24N6O3/c1-4-18-22-20(24-29-18)15-5-6-17(21-12-15)25-7-9-26(10-8-25)19(27)11-16-13(2)23-28-14(16)3/h5-6,12H,4,7-11H2,1-3H3. The Hall–Kier alpha value is -3.23. The van der Waals surface area contributed by atoms with Crippen LogP contribution in [-0.4, -0.2) is 57.3 Å². The lowest BCUT2D eigenvalue weighted by molar-refractivity contribution is -0.130. The van der Waals surface area contributed by atoms with E-state index in [0.29, 0.717) is 43.4 Å². The predicted molar refractivity (Wildman–Crippen MR) is 105 cm³/mol. The third-order valence-electron chi connectivity index (χ3n) is 5.24. The molecule has 0 N–H and O–H groups in total. The quantitative estimate of drug-likeness (QED) is 0.647. The first-order valence-electron chi connectivity index (χ1n) is 9.78. The van der Waals surface area contributed by atoms with Gasteiger partial charge >= 0.3 is 0 Å². The van der Waals surface area contributed by atoms with Crippen LogP contribution in [0.25, 0.3) is 11.4 Å². The van der Waals surface area contributed by atoms with Crippen LogP contribution in [0.1, 0.15) is 29.8 Å². The van der Waals surface area contributed by atoms with E-state index < -0.39 is 0 Å².